The van der Waals surface area contributed by atoms with Gasteiger partial charge in [0.05, 0.1) is 0 Å². The molecule has 0 heterocycles. The first kappa shape index (κ1) is 9.55. The van der Waals surface area contributed by atoms with Crippen LogP contribution in [-0.4, -0.2) is 0 Å². The van der Waals surface area contributed by atoms with Crippen LogP contribution in [-0.2, 0) is 0 Å². The summed E-state index contributed by atoms with van der Waals surface area (Å²) in [6.07, 6.45) is 10.6. The van der Waals surface area contributed by atoms with E-state index in [2.05, 4.69) is 13.8 Å². The van der Waals surface area contributed by atoms with Gasteiger partial charge in [0.2, 0.25) is 0 Å². The lowest BCUT2D eigenvalue weighted by atomic mass is 9.65. The summed E-state index contributed by atoms with van der Waals surface area (Å²) in [4.78, 5) is 0. The monoisotopic (exact) mass is 180 g/mol. The van der Waals surface area contributed by atoms with Crippen molar-refractivity contribution in [2.45, 2.75) is 58.8 Å². The van der Waals surface area contributed by atoms with Gasteiger partial charge in [-0.3, -0.25) is 0 Å². The molecular weight excluding hydrogens is 156 g/mol. The van der Waals surface area contributed by atoms with Gasteiger partial charge in [-0.05, 0) is 42.9 Å². The van der Waals surface area contributed by atoms with E-state index >= 15 is 0 Å². The van der Waals surface area contributed by atoms with Gasteiger partial charge in [0.15, 0.2) is 0 Å². The van der Waals surface area contributed by atoms with E-state index in [-0.39, 0.29) is 0 Å². The quantitative estimate of drug-likeness (QED) is 0.606. The molecule has 0 aromatic rings. The molecule has 0 aromatic carbocycles. The van der Waals surface area contributed by atoms with Crippen LogP contribution in [0.4, 0.5) is 0 Å². The maximum Gasteiger partial charge on any atom is -0.0354 e. The first-order valence-corrected chi connectivity index (χ1v) is 6.35. The van der Waals surface area contributed by atoms with Crippen LogP contribution in [0.5, 0.6) is 0 Å². The fourth-order valence-corrected chi connectivity index (χ4v) is 3.84. The van der Waals surface area contributed by atoms with Gasteiger partial charge in [-0.1, -0.05) is 39.5 Å². The largest absolute Gasteiger partial charge is 0.0654 e. The van der Waals surface area contributed by atoms with Crippen molar-refractivity contribution in [2.24, 2.45) is 23.7 Å². The van der Waals surface area contributed by atoms with Gasteiger partial charge in [0.1, 0.15) is 0 Å². The minimum Gasteiger partial charge on any atom is -0.0654 e. The Balaban J connectivity index is 1.78. The van der Waals surface area contributed by atoms with Gasteiger partial charge >= 0.3 is 0 Å². The average molecular weight is 180 g/mol. The molecule has 2 fully saturated rings. The third kappa shape index (κ3) is 1.78. The summed E-state index contributed by atoms with van der Waals surface area (Å²) >= 11 is 0. The summed E-state index contributed by atoms with van der Waals surface area (Å²) in [5.41, 5.74) is 0. The Morgan fingerprint density at radius 1 is 0.923 bits per heavy atom. The molecule has 0 bridgehead atoms. The van der Waals surface area contributed by atoms with Crippen molar-refractivity contribution in [3.05, 3.63) is 0 Å². The van der Waals surface area contributed by atoms with Crippen molar-refractivity contribution in [2.75, 3.05) is 0 Å². The van der Waals surface area contributed by atoms with E-state index in [0.29, 0.717) is 0 Å². The summed E-state index contributed by atoms with van der Waals surface area (Å²) < 4.78 is 0. The van der Waals surface area contributed by atoms with Gasteiger partial charge in [0.25, 0.3) is 0 Å². The molecule has 4 atom stereocenters. The molecule has 2 saturated carbocycles. The first-order chi connectivity index (χ1) is 6.35. The number of hydrogen-bond acceptors (Lipinski definition) is 0. The molecule has 0 saturated heterocycles. The van der Waals surface area contributed by atoms with Crippen LogP contribution in [0.15, 0.2) is 0 Å². The Kier molecular flexibility index (Phi) is 2.96. The van der Waals surface area contributed by atoms with Crippen LogP contribution in [0.1, 0.15) is 58.8 Å². The molecule has 0 spiro atoms. The van der Waals surface area contributed by atoms with Crippen molar-refractivity contribution in [1.29, 1.82) is 0 Å². The Morgan fingerprint density at radius 3 is 2.38 bits per heavy atom. The standard InChI is InChI=1S/C13H24/c1-3-5-10-7-12-9-11(6-4-2)13(12)8-10/h10-13H,3-9H2,1-2H3. The highest BCUT2D eigenvalue weighted by molar-refractivity contribution is 4.96. The second kappa shape index (κ2) is 4.02. The maximum atomic E-state index is 2.34. The topological polar surface area (TPSA) is 0 Å². The number of hydrogen-bond donors (Lipinski definition) is 0. The Morgan fingerprint density at radius 2 is 1.69 bits per heavy atom. The Hall–Kier alpha value is 0. The van der Waals surface area contributed by atoms with Crippen molar-refractivity contribution in [3.8, 4) is 0 Å². The van der Waals surface area contributed by atoms with Gasteiger partial charge in [-0.25, -0.2) is 0 Å². The molecule has 0 N–H and O–H groups in total. The van der Waals surface area contributed by atoms with Gasteiger partial charge in [-0.15, -0.1) is 0 Å². The van der Waals surface area contributed by atoms with Crippen molar-refractivity contribution < 1.29 is 0 Å². The smallest absolute Gasteiger partial charge is 0.0354 e. The predicted octanol–water partition coefficient (Wildman–Crippen LogP) is 4.25. The second-order valence-electron chi connectivity index (χ2n) is 5.33. The van der Waals surface area contributed by atoms with Crippen LogP contribution in [0, 0.1) is 23.7 Å². The zero-order valence-corrected chi connectivity index (χ0v) is 9.26. The van der Waals surface area contributed by atoms with Crippen LogP contribution >= 0.6 is 0 Å². The summed E-state index contributed by atoms with van der Waals surface area (Å²) in [7, 11) is 0. The van der Waals surface area contributed by atoms with Crippen LogP contribution in [0.2, 0.25) is 0 Å². The second-order valence-corrected chi connectivity index (χ2v) is 5.33. The normalized spacial score (nSPS) is 42.9. The van der Waals surface area contributed by atoms with Crippen molar-refractivity contribution in [3.63, 3.8) is 0 Å². The maximum absolute atomic E-state index is 2.34. The van der Waals surface area contributed by atoms with E-state index in [4.69, 9.17) is 0 Å². The lowest BCUT2D eigenvalue weighted by Gasteiger charge is -2.40. The zero-order valence-electron chi connectivity index (χ0n) is 9.26. The highest BCUT2D eigenvalue weighted by Crippen LogP contribution is 2.55. The third-order valence-electron chi connectivity index (χ3n) is 4.41. The molecule has 2 rings (SSSR count). The predicted molar refractivity (Wildman–Crippen MR) is 57.6 cm³/mol. The summed E-state index contributed by atoms with van der Waals surface area (Å²) in [5, 5.41) is 0. The van der Waals surface area contributed by atoms with Crippen LogP contribution < -0.4 is 0 Å². The molecule has 2 aliphatic rings. The molecule has 0 heteroatoms. The molecule has 13 heavy (non-hydrogen) atoms. The molecule has 0 radical (unpaired) electrons. The molecule has 0 nitrogen and oxygen atoms in total. The minimum atomic E-state index is 1.11. The highest BCUT2D eigenvalue weighted by atomic mass is 14.5. The van der Waals surface area contributed by atoms with Crippen LogP contribution in [0.3, 0.4) is 0 Å². The minimum absolute atomic E-state index is 1.11. The Bertz CT molecular complexity index is 157. The number of fused-ring (bicyclic) bond motifs is 1. The molecule has 76 valence electrons. The lowest BCUT2D eigenvalue weighted by Crippen LogP contribution is -2.32. The molecule has 0 amide bonds. The lowest BCUT2D eigenvalue weighted by molar-refractivity contribution is 0.0942. The Labute approximate surface area is 83.1 Å². The summed E-state index contributed by atoms with van der Waals surface area (Å²) in [6.45, 7) is 4.68. The van der Waals surface area contributed by atoms with Gasteiger partial charge < -0.3 is 0 Å². The SMILES string of the molecule is CCCC1CC2CC(CCC)C2C1. The molecule has 0 aliphatic heterocycles. The molecule has 4 unspecified atom stereocenters. The van der Waals surface area contributed by atoms with E-state index in [0.717, 1.165) is 23.7 Å². The van der Waals surface area contributed by atoms with E-state index in [1.54, 1.807) is 19.3 Å². The van der Waals surface area contributed by atoms with E-state index in [1.807, 2.05) is 0 Å². The van der Waals surface area contributed by atoms with Crippen molar-refractivity contribution in [1.82, 2.24) is 0 Å². The molecule has 2 aliphatic carbocycles. The highest BCUT2D eigenvalue weighted by Gasteiger charge is 2.46. The fraction of sp³-hybridized carbons (Fsp3) is 1.00. The average Bonchev–Trinajstić information content (AvgIpc) is 2.41. The number of rotatable bonds is 4. The van der Waals surface area contributed by atoms with Crippen LogP contribution in [0.25, 0.3) is 0 Å². The molecular formula is C13H24. The first-order valence-electron chi connectivity index (χ1n) is 6.35. The van der Waals surface area contributed by atoms with E-state index < -0.39 is 0 Å². The van der Waals surface area contributed by atoms with Gasteiger partial charge in [0, 0.05) is 0 Å². The fourth-order valence-electron chi connectivity index (χ4n) is 3.84. The third-order valence-corrected chi connectivity index (χ3v) is 4.41. The summed E-state index contributed by atoms with van der Waals surface area (Å²) in [6, 6.07) is 0. The van der Waals surface area contributed by atoms with E-state index in [9.17, 15) is 0 Å². The van der Waals surface area contributed by atoms with E-state index in [1.165, 1.54) is 25.7 Å². The van der Waals surface area contributed by atoms with Gasteiger partial charge in [-0.2, -0.15) is 0 Å². The molecule has 0 aromatic heterocycles. The summed E-state index contributed by atoms with van der Waals surface area (Å²) in [5.74, 6) is 4.57. The van der Waals surface area contributed by atoms with Crippen molar-refractivity contribution >= 4 is 0 Å². The zero-order chi connectivity index (χ0) is 9.26.